The van der Waals surface area contributed by atoms with E-state index >= 15 is 0 Å². The number of carbonyl (C=O) groups excluding carboxylic acids is 1. The number of Topliss-reactive ketones (excluding diaryl/α,β-unsaturated/α-hetero) is 1. The van der Waals surface area contributed by atoms with Gasteiger partial charge in [0.2, 0.25) is 5.72 Å². The van der Waals surface area contributed by atoms with Gasteiger partial charge < -0.3 is 4.74 Å². The third-order valence-electron chi connectivity index (χ3n) is 10.3. The maximum Gasteiger partial charge on any atom is 0.200 e. The van der Waals surface area contributed by atoms with Crippen LogP contribution in [-0.4, -0.2) is 18.6 Å². The van der Waals surface area contributed by atoms with Crippen LogP contribution in [0, 0.1) is 34.5 Å². The molecule has 4 saturated carbocycles. The Morgan fingerprint density at radius 1 is 1.12 bits per heavy atom. The lowest BCUT2D eigenvalue weighted by molar-refractivity contribution is -0.169. The summed E-state index contributed by atoms with van der Waals surface area (Å²) in [5, 5.41) is 3.83. The van der Waals surface area contributed by atoms with Crippen LogP contribution in [0.4, 0.5) is 4.39 Å². The molecule has 5 rings (SSSR count). The van der Waals surface area contributed by atoms with Gasteiger partial charge in [0, 0.05) is 16.7 Å². The molecule has 8 atom stereocenters. The van der Waals surface area contributed by atoms with Crippen LogP contribution in [-0.2, 0) is 15.3 Å². The van der Waals surface area contributed by atoms with Crippen molar-refractivity contribution in [2.75, 3.05) is 6.67 Å². The Morgan fingerprint density at radius 2 is 1.91 bits per heavy atom. The van der Waals surface area contributed by atoms with E-state index in [4.69, 9.17) is 4.74 Å². The molecule has 4 aliphatic rings. The molecule has 178 valence electrons. The van der Waals surface area contributed by atoms with Gasteiger partial charge in [-0.1, -0.05) is 49.3 Å². The highest BCUT2D eigenvalue weighted by atomic mass is 19.1. The zero-order valence-electron chi connectivity index (χ0n) is 19.9. The normalized spacial score (nSPS) is 41.8. The SMILES string of the molecule is C[C@]12CC[C@@H](OC(CF)(N=[N+]=[N-])c3ccccc3)CC1CC[C@@H]1[C@@H]2CC[C@]2(C)C(=O)CC[C@@H]12. The predicted molar refractivity (Wildman–Crippen MR) is 125 cm³/mol. The summed E-state index contributed by atoms with van der Waals surface area (Å²) in [4.78, 5) is 15.6. The van der Waals surface area contributed by atoms with Gasteiger partial charge >= 0.3 is 0 Å². The minimum Gasteiger partial charge on any atom is -0.358 e. The highest BCUT2D eigenvalue weighted by Crippen LogP contribution is 2.65. The van der Waals surface area contributed by atoms with Gasteiger partial charge in [0.25, 0.3) is 0 Å². The molecule has 0 saturated heterocycles. The van der Waals surface area contributed by atoms with E-state index in [1.54, 1.807) is 12.1 Å². The first kappa shape index (κ1) is 22.9. The van der Waals surface area contributed by atoms with E-state index in [-0.39, 0.29) is 16.9 Å². The van der Waals surface area contributed by atoms with E-state index in [0.29, 0.717) is 35.0 Å². The second kappa shape index (κ2) is 8.39. The number of halogens is 1. The minimum atomic E-state index is -1.59. The first-order valence-electron chi connectivity index (χ1n) is 12.8. The fourth-order valence-electron chi connectivity index (χ4n) is 8.43. The van der Waals surface area contributed by atoms with Gasteiger partial charge in [0.15, 0.2) is 0 Å². The van der Waals surface area contributed by atoms with Crippen molar-refractivity contribution < 1.29 is 13.9 Å². The second-order valence-electron chi connectivity index (χ2n) is 11.6. The molecule has 0 spiro atoms. The van der Waals surface area contributed by atoms with Gasteiger partial charge in [0.1, 0.15) is 12.5 Å². The van der Waals surface area contributed by atoms with Crippen molar-refractivity contribution in [2.24, 2.45) is 39.6 Å². The Labute approximate surface area is 196 Å². The van der Waals surface area contributed by atoms with Crippen molar-refractivity contribution >= 4 is 5.78 Å². The van der Waals surface area contributed by atoms with Crippen LogP contribution < -0.4 is 0 Å². The van der Waals surface area contributed by atoms with Gasteiger partial charge in [-0.05, 0) is 91.5 Å². The fraction of sp³-hybridized carbons (Fsp3) is 0.741. The standard InChI is InChI=1S/C27H36FN3O2/c1-25-14-12-20(33-27(17-28,30-31-29)18-6-4-3-5-7-18)16-19(25)8-9-21-22-10-11-24(32)26(22,2)15-13-23(21)25/h3-7,19-23H,8-17H2,1-2H3/t19?,20-,21+,22+,23+,25+,26+,27?/m1/s1. The average Bonchev–Trinajstić information content (AvgIpc) is 3.14. The lowest BCUT2D eigenvalue weighted by atomic mass is 9.45. The van der Waals surface area contributed by atoms with E-state index in [1.165, 1.54) is 6.42 Å². The molecule has 4 fully saturated rings. The number of benzene rings is 1. The number of nitrogens with zero attached hydrogens (tertiary/aromatic N) is 3. The molecule has 1 aromatic rings. The van der Waals surface area contributed by atoms with Crippen molar-refractivity contribution in [3.63, 3.8) is 0 Å². The van der Waals surface area contributed by atoms with E-state index < -0.39 is 12.4 Å². The maximum atomic E-state index is 14.3. The number of carbonyl (C=O) groups is 1. The molecule has 33 heavy (non-hydrogen) atoms. The highest BCUT2D eigenvalue weighted by Gasteiger charge is 2.60. The van der Waals surface area contributed by atoms with E-state index in [1.807, 2.05) is 18.2 Å². The van der Waals surface area contributed by atoms with Crippen LogP contribution in [0.2, 0.25) is 0 Å². The van der Waals surface area contributed by atoms with Crippen LogP contribution >= 0.6 is 0 Å². The second-order valence-corrected chi connectivity index (χ2v) is 11.6. The molecule has 6 heteroatoms. The van der Waals surface area contributed by atoms with Crippen molar-refractivity contribution in [3.8, 4) is 0 Å². The molecule has 0 heterocycles. The Kier molecular flexibility index (Phi) is 5.81. The topological polar surface area (TPSA) is 75.1 Å². The number of hydrogen-bond acceptors (Lipinski definition) is 3. The number of hydrogen-bond donors (Lipinski definition) is 0. The highest BCUT2D eigenvalue weighted by molar-refractivity contribution is 5.87. The van der Waals surface area contributed by atoms with Gasteiger partial charge in [-0.25, -0.2) is 4.39 Å². The molecule has 4 aliphatic carbocycles. The molecule has 5 nitrogen and oxygen atoms in total. The third-order valence-corrected chi connectivity index (χ3v) is 10.3. The molecule has 2 unspecified atom stereocenters. The molecule has 0 N–H and O–H groups in total. The summed E-state index contributed by atoms with van der Waals surface area (Å²) in [5.74, 6) is 2.90. The van der Waals surface area contributed by atoms with Crippen molar-refractivity contribution in [2.45, 2.75) is 83.5 Å². The molecule has 0 radical (unpaired) electrons. The number of ether oxygens (including phenoxy) is 1. The van der Waals surface area contributed by atoms with E-state index in [0.717, 1.165) is 51.4 Å². The molecule has 1 aromatic carbocycles. The van der Waals surface area contributed by atoms with E-state index in [2.05, 4.69) is 23.9 Å². The van der Waals surface area contributed by atoms with Crippen LogP contribution in [0.15, 0.2) is 35.4 Å². The van der Waals surface area contributed by atoms with Crippen molar-refractivity contribution in [1.29, 1.82) is 0 Å². The first-order chi connectivity index (χ1) is 15.9. The zero-order valence-corrected chi connectivity index (χ0v) is 19.9. The minimum absolute atomic E-state index is 0.0869. The number of alkyl halides is 1. The van der Waals surface area contributed by atoms with Crippen LogP contribution in [0.1, 0.15) is 77.2 Å². The monoisotopic (exact) mass is 453 g/mol. The van der Waals surface area contributed by atoms with Crippen molar-refractivity contribution in [1.82, 2.24) is 0 Å². The predicted octanol–water partition coefficient (Wildman–Crippen LogP) is 7.12. The number of azide groups is 1. The van der Waals surface area contributed by atoms with Crippen LogP contribution in [0.5, 0.6) is 0 Å². The lowest BCUT2D eigenvalue weighted by Gasteiger charge is -2.60. The first-order valence-corrected chi connectivity index (χ1v) is 12.8. The molecule has 0 bridgehead atoms. The summed E-state index contributed by atoms with van der Waals surface area (Å²) < 4.78 is 20.7. The lowest BCUT2D eigenvalue weighted by Crippen LogP contribution is -2.54. The largest absolute Gasteiger partial charge is 0.358 e. The van der Waals surface area contributed by atoms with Crippen molar-refractivity contribution in [3.05, 3.63) is 46.3 Å². The molecule has 0 aliphatic heterocycles. The molecular formula is C27H36FN3O2. The molecule has 0 amide bonds. The smallest absolute Gasteiger partial charge is 0.200 e. The number of ketones is 1. The summed E-state index contributed by atoms with van der Waals surface area (Å²) in [5.41, 5.74) is 8.32. The summed E-state index contributed by atoms with van der Waals surface area (Å²) in [7, 11) is 0. The average molecular weight is 454 g/mol. The Morgan fingerprint density at radius 3 is 2.64 bits per heavy atom. The van der Waals surface area contributed by atoms with Crippen LogP contribution in [0.3, 0.4) is 0 Å². The number of fused-ring (bicyclic) bond motifs is 5. The Balaban J connectivity index is 1.34. The van der Waals surface area contributed by atoms with Gasteiger partial charge in [-0.3, -0.25) is 4.79 Å². The van der Waals surface area contributed by atoms with Gasteiger partial charge in [0.05, 0.1) is 6.10 Å². The zero-order chi connectivity index (χ0) is 23.3. The van der Waals surface area contributed by atoms with Crippen LogP contribution in [0.25, 0.3) is 10.4 Å². The summed E-state index contributed by atoms with van der Waals surface area (Å²) >= 11 is 0. The third kappa shape index (κ3) is 3.52. The van der Waals surface area contributed by atoms with Gasteiger partial charge in [-0.2, -0.15) is 0 Å². The summed E-state index contributed by atoms with van der Waals surface area (Å²) in [6.07, 6.45) is 9.03. The van der Waals surface area contributed by atoms with E-state index in [9.17, 15) is 14.7 Å². The summed E-state index contributed by atoms with van der Waals surface area (Å²) in [6.45, 7) is 3.83. The molecule has 0 aromatic heterocycles. The molecular weight excluding hydrogens is 417 g/mol. The Bertz CT molecular complexity index is 950. The maximum absolute atomic E-state index is 14.3. The Hall–Kier alpha value is -1.91. The fourth-order valence-corrected chi connectivity index (χ4v) is 8.43. The quantitative estimate of drug-likeness (QED) is 0.270. The van der Waals surface area contributed by atoms with Gasteiger partial charge in [-0.15, -0.1) is 0 Å². The number of rotatable bonds is 5. The summed E-state index contributed by atoms with van der Waals surface area (Å²) in [6, 6.07) is 9.04.